The van der Waals surface area contributed by atoms with Gasteiger partial charge in [-0.05, 0) is 48.0 Å². The third-order valence-corrected chi connectivity index (χ3v) is 4.76. The number of benzene rings is 3. The number of pyridine rings is 1. The highest BCUT2D eigenvalue weighted by Crippen LogP contribution is 2.20. The fourth-order valence-corrected chi connectivity index (χ4v) is 3.21. The van der Waals surface area contributed by atoms with Gasteiger partial charge >= 0.3 is 0 Å². The molecule has 5 nitrogen and oxygen atoms in total. The Morgan fingerprint density at radius 1 is 0.742 bits per heavy atom. The van der Waals surface area contributed by atoms with E-state index in [1.165, 1.54) is 0 Å². The summed E-state index contributed by atoms with van der Waals surface area (Å²) in [5.41, 5.74) is 2.57. The van der Waals surface area contributed by atoms with Crippen LogP contribution >= 0.6 is 0 Å². The molecule has 0 aliphatic carbocycles. The van der Waals surface area contributed by atoms with Crippen molar-refractivity contribution in [3.05, 3.63) is 126 Å². The number of rotatable bonds is 6. The van der Waals surface area contributed by atoms with Gasteiger partial charge in [0.2, 0.25) is 0 Å². The Bertz CT molecular complexity index is 1160. The van der Waals surface area contributed by atoms with Crippen LogP contribution in [0.25, 0.3) is 0 Å². The molecule has 3 aromatic carbocycles. The van der Waals surface area contributed by atoms with E-state index < -0.39 is 0 Å². The molecule has 0 aliphatic heterocycles. The van der Waals surface area contributed by atoms with Gasteiger partial charge in [0.05, 0.1) is 6.54 Å². The third kappa shape index (κ3) is 5.03. The lowest BCUT2D eigenvalue weighted by molar-refractivity contribution is 0.0982. The van der Waals surface area contributed by atoms with E-state index in [0.29, 0.717) is 29.2 Å². The Labute approximate surface area is 181 Å². The molecule has 4 rings (SSSR count). The molecular formula is C26H21N3O2. The van der Waals surface area contributed by atoms with Gasteiger partial charge in [-0.25, -0.2) is 4.98 Å². The van der Waals surface area contributed by atoms with Gasteiger partial charge in [0.1, 0.15) is 5.82 Å². The first-order chi connectivity index (χ1) is 15.2. The Balaban J connectivity index is 1.60. The van der Waals surface area contributed by atoms with E-state index in [9.17, 15) is 9.59 Å². The first kappa shape index (κ1) is 20.0. The van der Waals surface area contributed by atoms with Gasteiger partial charge in [-0.15, -0.1) is 0 Å². The van der Waals surface area contributed by atoms with E-state index in [1.54, 1.807) is 47.5 Å². The van der Waals surface area contributed by atoms with Crippen LogP contribution in [0.5, 0.6) is 0 Å². The number of anilines is 2. The minimum atomic E-state index is -0.226. The van der Waals surface area contributed by atoms with E-state index >= 15 is 0 Å². The molecule has 31 heavy (non-hydrogen) atoms. The number of hydrogen-bond acceptors (Lipinski definition) is 3. The summed E-state index contributed by atoms with van der Waals surface area (Å²) in [5.74, 6) is 0.143. The number of amides is 2. The Morgan fingerprint density at radius 2 is 1.42 bits per heavy atom. The number of carbonyl (C=O) groups is 2. The van der Waals surface area contributed by atoms with Gasteiger partial charge in [-0.3, -0.25) is 14.5 Å². The predicted octanol–water partition coefficient (Wildman–Crippen LogP) is 5.18. The normalized spacial score (nSPS) is 10.3. The van der Waals surface area contributed by atoms with Crippen LogP contribution < -0.4 is 10.2 Å². The SMILES string of the molecule is O=C(Nc1cccc(C(=O)N(Cc2ccccc2)c2ccccn2)c1)c1ccccc1. The average molecular weight is 407 g/mol. The Morgan fingerprint density at radius 3 is 2.13 bits per heavy atom. The van der Waals surface area contributed by atoms with Gasteiger partial charge in [-0.2, -0.15) is 0 Å². The molecule has 0 aliphatic rings. The highest BCUT2D eigenvalue weighted by molar-refractivity contribution is 6.08. The van der Waals surface area contributed by atoms with Crippen molar-refractivity contribution in [2.24, 2.45) is 0 Å². The van der Waals surface area contributed by atoms with Crippen molar-refractivity contribution >= 4 is 23.3 Å². The monoisotopic (exact) mass is 407 g/mol. The Kier molecular flexibility index (Phi) is 6.14. The van der Waals surface area contributed by atoms with Crippen molar-refractivity contribution in [2.45, 2.75) is 6.54 Å². The summed E-state index contributed by atoms with van der Waals surface area (Å²) in [7, 11) is 0. The van der Waals surface area contributed by atoms with Crippen molar-refractivity contribution in [2.75, 3.05) is 10.2 Å². The van der Waals surface area contributed by atoms with Gasteiger partial charge in [0.25, 0.3) is 11.8 Å². The van der Waals surface area contributed by atoms with Crippen LogP contribution in [0.3, 0.4) is 0 Å². The van der Waals surface area contributed by atoms with E-state index in [4.69, 9.17) is 0 Å². The van der Waals surface area contributed by atoms with Gasteiger partial charge in [0.15, 0.2) is 0 Å². The quantitative estimate of drug-likeness (QED) is 0.479. The zero-order chi connectivity index (χ0) is 21.5. The maximum atomic E-state index is 13.4. The second-order valence-electron chi connectivity index (χ2n) is 6.97. The molecule has 5 heteroatoms. The number of hydrogen-bond donors (Lipinski definition) is 1. The molecule has 2 amide bonds. The Hall–Kier alpha value is -4.25. The maximum Gasteiger partial charge on any atom is 0.259 e. The van der Waals surface area contributed by atoms with E-state index in [1.807, 2.05) is 66.7 Å². The first-order valence-electron chi connectivity index (χ1n) is 9.94. The molecule has 0 atom stereocenters. The third-order valence-electron chi connectivity index (χ3n) is 4.76. The molecule has 1 aromatic heterocycles. The summed E-state index contributed by atoms with van der Waals surface area (Å²) in [4.78, 5) is 31.9. The maximum absolute atomic E-state index is 13.4. The van der Waals surface area contributed by atoms with Crippen LogP contribution in [-0.4, -0.2) is 16.8 Å². The van der Waals surface area contributed by atoms with Crippen LogP contribution in [0, 0.1) is 0 Å². The van der Waals surface area contributed by atoms with E-state index in [-0.39, 0.29) is 11.8 Å². The number of carbonyl (C=O) groups excluding carboxylic acids is 2. The highest BCUT2D eigenvalue weighted by Gasteiger charge is 2.20. The molecule has 1 N–H and O–H groups in total. The van der Waals surface area contributed by atoms with Gasteiger partial charge in [0, 0.05) is 23.0 Å². The van der Waals surface area contributed by atoms with E-state index in [2.05, 4.69) is 10.3 Å². The molecular weight excluding hydrogens is 386 g/mol. The molecule has 0 bridgehead atoms. The number of nitrogens with one attached hydrogen (secondary N) is 1. The van der Waals surface area contributed by atoms with Crippen molar-refractivity contribution in [3.8, 4) is 0 Å². The summed E-state index contributed by atoms with van der Waals surface area (Å²) < 4.78 is 0. The van der Waals surface area contributed by atoms with Crippen molar-refractivity contribution in [1.29, 1.82) is 0 Å². The zero-order valence-electron chi connectivity index (χ0n) is 16.8. The van der Waals surface area contributed by atoms with Crippen molar-refractivity contribution in [1.82, 2.24) is 4.98 Å². The topological polar surface area (TPSA) is 62.3 Å². The number of nitrogens with zero attached hydrogens (tertiary/aromatic N) is 2. The largest absolute Gasteiger partial charge is 0.322 e. The predicted molar refractivity (Wildman–Crippen MR) is 122 cm³/mol. The summed E-state index contributed by atoms with van der Waals surface area (Å²) in [6.07, 6.45) is 1.66. The highest BCUT2D eigenvalue weighted by atomic mass is 16.2. The molecule has 0 fully saturated rings. The fourth-order valence-electron chi connectivity index (χ4n) is 3.21. The molecule has 0 saturated heterocycles. The molecule has 0 unspecified atom stereocenters. The van der Waals surface area contributed by atoms with E-state index in [0.717, 1.165) is 5.56 Å². The lowest BCUT2D eigenvalue weighted by Crippen LogP contribution is -2.31. The van der Waals surface area contributed by atoms with Crippen LogP contribution in [-0.2, 0) is 6.54 Å². The standard InChI is InChI=1S/C26H21N3O2/c30-25(21-12-5-2-6-13-21)28-23-15-9-14-22(18-23)26(31)29(24-16-7-8-17-27-24)19-20-10-3-1-4-11-20/h1-18H,19H2,(H,28,30). The fraction of sp³-hybridized carbons (Fsp3) is 0.0385. The molecule has 152 valence electrons. The summed E-state index contributed by atoms with van der Waals surface area (Å²) in [6, 6.07) is 31.1. The van der Waals surface area contributed by atoms with Crippen LogP contribution in [0.2, 0.25) is 0 Å². The van der Waals surface area contributed by atoms with Crippen LogP contribution in [0.4, 0.5) is 11.5 Å². The smallest absolute Gasteiger partial charge is 0.259 e. The second-order valence-corrected chi connectivity index (χ2v) is 6.97. The first-order valence-corrected chi connectivity index (χ1v) is 9.94. The molecule has 0 spiro atoms. The summed E-state index contributed by atoms with van der Waals surface area (Å²) >= 11 is 0. The molecule has 1 heterocycles. The summed E-state index contributed by atoms with van der Waals surface area (Å²) in [5, 5.41) is 2.86. The lowest BCUT2D eigenvalue weighted by Gasteiger charge is -2.22. The lowest BCUT2D eigenvalue weighted by atomic mass is 10.1. The average Bonchev–Trinajstić information content (AvgIpc) is 2.84. The zero-order valence-corrected chi connectivity index (χ0v) is 16.8. The van der Waals surface area contributed by atoms with Crippen LogP contribution in [0.15, 0.2) is 109 Å². The van der Waals surface area contributed by atoms with Crippen molar-refractivity contribution < 1.29 is 9.59 Å². The van der Waals surface area contributed by atoms with Crippen LogP contribution in [0.1, 0.15) is 26.3 Å². The molecule has 4 aromatic rings. The summed E-state index contributed by atoms with van der Waals surface area (Å²) in [6.45, 7) is 0.386. The molecule has 0 radical (unpaired) electrons. The number of aromatic nitrogens is 1. The van der Waals surface area contributed by atoms with Gasteiger partial charge < -0.3 is 5.32 Å². The second kappa shape index (κ2) is 9.50. The minimum absolute atomic E-state index is 0.196. The minimum Gasteiger partial charge on any atom is -0.322 e. The van der Waals surface area contributed by atoms with Crippen molar-refractivity contribution in [3.63, 3.8) is 0 Å². The molecule has 0 saturated carbocycles. The van der Waals surface area contributed by atoms with Gasteiger partial charge in [-0.1, -0.05) is 60.7 Å².